The summed E-state index contributed by atoms with van der Waals surface area (Å²) in [6.07, 6.45) is 7.14. The molecule has 0 aliphatic carbocycles. The van der Waals surface area contributed by atoms with Crippen molar-refractivity contribution in [3.63, 3.8) is 0 Å². The van der Waals surface area contributed by atoms with Gasteiger partial charge in [0.25, 0.3) is 0 Å². The van der Waals surface area contributed by atoms with E-state index in [4.69, 9.17) is 0 Å². The lowest BCUT2D eigenvalue weighted by molar-refractivity contribution is 0.474. The van der Waals surface area contributed by atoms with E-state index in [2.05, 4.69) is 32.1 Å². The van der Waals surface area contributed by atoms with Crippen molar-refractivity contribution < 1.29 is 9.50 Å². The van der Waals surface area contributed by atoms with Gasteiger partial charge < -0.3 is 15.0 Å². The van der Waals surface area contributed by atoms with Gasteiger partial charge in [0.15, 0.2) is 5.82 Å². The maximum Gasteiger partial charge on any atom is 0.185 e. The molecule has 0 unspecified atom stereocenters. The van der Waals surface area contributed by atoms with E-state index in [1.807, 2.05) is 0 Å². The van der Waals surface area contributed by atoms with E-state index >= 15 is 0 Å². The second-order valence-corrected chi connectivity index (χ2v) is 6.17. The number of rotatable bonds is 4. The molecule has 0 bridgehead atoms. The quantitative estimate of drug-likeness (QED) is 0.748. The number of halogens is 1. The fourth-order valence-electron chi connectivity index (χ4n) is 3.04. The average Bonchev–Trinajstić information content (AvgIpc) is 3.37. The molecule has 3 aromatic rings. The SMILES string of the molecule is C=C(c1cnc(-c2cc(F)c(-n3ccnc3)cc2O)nn1)[C@H]1CCNC1. The van der Waals surface area contributed by atoms with Crippen LogP contribution in [-0.4, -0.2) is 42.9 Å². The largest absolute Gasteiger partial charge is 0.507 e. The Morgan fingerprint density at radius 2 is 2.23 bits per heavy atom. The summed E-state index contributed by atoms with van der Waals surface area (Å²) in [6, 6.07) is 2.50. The Hall–Kier alpha value is -3.13. The number of phenolic OH excluding ortho intramolecular Hbond substituents is 1. The molecular weight excluding hydrogens is 335 g/mol. The number of hydrogen-bond donors (Lipinski definition) is 2. The molecule has 4 rings (SSSR count). The highest BCUT2D eigenvalue weighted by Gasteiger charge is 2.21. The van der Waals surface area contributed by atoms with E-state index in [-0.39, 0.29) is 22.8 Å². The molecule has 0 radical (unpaired) electrons. The predicted octanol–water partition coefficient (Wildman–Crippen LogP) is 2.19. The summed E-state index contributed by atoms with van der Waals surface area (Å²) < 4.78 is 15.9. The van der Waals surface area contributed by atoms with Crippen LogP contribution in [0.4, 0.5) is 4.39 Å². The Morgan fingerprint density at radius 3 is 2.88 bits per heavy atom. The van der Waals surface area contributed by atoms with Crippen LogP contribution in [0, 0.1) is 11.7 Å². The van der Waals surface area contributed by atoms with E-state index in [9.17, 15) is 9.50 Å². The molecule has 1 saturated heterocycles. The molecule has 1 aliphatic rings. The van der Waals surface area contributed by atoms with Crippen LogP contribution in [0.2, 0.25) is 0 Å². The highest BCUT2D eigenvalue weighted by molar-refractivity contribution is 5.67. The molecule has 1 fully saturated rings. The monoisotopic (exact) mass is 352 g/mol. The van der Waals surface area contributed by atoms with Gasteiger partial charge in [-0.1, -0.05) is 6.58 Å². The van der Waals surface area contributed by atoms with Gasteiger partial charge in [0, 0.05) is 25.0 Å². The third-order valence-corrected chi connectivity index (χ3v) is 4.53. The first kappa shape index (κ1) is 16.3. The predicted molar refractivity (Wildman–Crippen MR) is 94.0 cm³/mol. The lowest BCUT2D eigenvalue weighted by atomic mass is 9.97. The van der Waals surface area contributed by atoms with Crippen LogP contribution < -0.4 is 5.32 Å². The zero-order chi connectivity index (χ0) is 18.1. The molecule has 7 nitrogen and oxygen atoms in total. The minimum atomic E-state index is -0.523. The van der Waals surface area contributed by atoms with Crippen LogP contribution in [0.1, 0.15) is 12.1 Å². The van der Waals surface area contributed by atoms with Crippen molar-refractivity contribution in [3.8, 4) is 22.8 Å². The second-order valence-electron chi connectivity index (χ2n) is 6.17. The molecule has 0 saturated carbocycles. The van der Waals surface area contributed by atoms with Gasteiger partial charge in [-0.3, -0.25) is 0 Å². The van der Waals surface area contributed by atoms with E-state index in [1.54, 1.807) is 12.4 Å². The van der Waals surface area contributed by atoms with Gasteiger partial charge in [0.2, 0.25) is 0 Å². The zero-order valence-electron chi connectivity index (χ0n) is 13.9. The fourth-order valence-corrected chi connectivity index (χ4v) is 3.04. The molecule has 26 heavy (non-hydrogen) atoms. The Balaban J connectivity index is 1.63. The molecule has 0 amide bonds. The van der Waals surface area contributed by atoms with Gasteiger partial charge in [-0.2, -0.15) is 0 Å². The van der Waals surface area contributed by atoms with Crippen LogP contribution in [-0.2, 0) is 0 Å². The number of phenols is 1. The second kappa shape index (κ2) is 6.64. The minimum absolute atomic E-state index is 0.136. The Labute approximate surface area is 149 Å². The summed E-state index contributed by atoms with van der Waals surface area (Å²) in [5.41, 5.74) is 1.86. The van der Waals surface area contributed by atoms with Crippen LogP contribution in [0.15, 0.2) is 43.6 Å². The normalized spacial score (nSPS) is 16.7. The summed E-state index contributed by atoms with van der Waals surface area (Å²) in [7, 11) is 0. The standard InChI is InChI=1S/C18H17FN6O/c1-11(12-2-3-20-8-12)15-9-22-18(24-23-15)13-6-14(19)16(7-17(13)26)25-5-4-21-10-25/h4-7,9-10,12,20,26H,1-3,8H2/t12-/m0/s1. The number of nitrogens with one attached hydrogen (secondary N) is 1. The van der Waals surface area contributed by atoms with Crippen molar-refractivity contribution in [1.82, 2.24) is 30.0 Å². The zero-order valence-corrected chi connectivity index (χ0v) is 13.9. The van der Waals surface area contributed by atoms with Gasteiger partial charge in [-0.25, -0.2) is 14.4 Å². The summed E-state index contributed by atoms with van der Waals surface area (Å²) in [5, 5.41) is 21.8. The Morgan fingerprint density at radius 1 is 1.35 bits per heavy atom. The molecule has 2 aromatic heterocycles. The molecule has 1 aliphatic heterocycles. The van der Waals surface area contributed by atoms with E-state index in [1.165, 1.54) is 29.2 Å². The lowest BCUT2D eigenvalue weighted by Gasteiger charge is -2.11. The lowest BCUT2D eigenvalue weighted by Crippen LogP contribution is -2.11. The van der Waals surface area contributed by atoms with Crippen LogP contribution >= 0.6 is 0 Å². The highest BCUT2D eigenvalue weighted by atomic mass is 19.1. The Kier molecular flexibility index (Phi) is 4.18. The molecule has 132 valence electrons. The number of benzene rings is 1. The van der Waals surface area contributed by atoms with Gasteiger partial charge in [0.1, 0.15) is 17.3 Å². The van der Waals surface area contributed by atoms with Crippen LogP contribution in [0.5, 0.6) is 5.75 Å². The van der Waals surface area contributed by atoms with E-state index < -0.39 is 5.82 Å². The molecule has 3 heterocycles. The molecule has 8 heteroatoms. The van der Waals surface area contributed by atoms with Gasteiger partial charge in [-0.15, -0.1) is 10.2 Å². The third kappa shape index (κ3) is 2.95. The van der Waals surface area contributed by atoms with Crippen molar-refractivity contribution in [3.05, 3.63) is 55.1 Å². The van der Waals surface area contributed by atoms with Gasteiger partial charge in [-0.05, 0) is 30.5 Å². The van der Waals surface area contributed by atoms with Crippen molar-refractivity contribution in [2.75, 3.05) is 13.1 Å². The van der Waals surface area contributed by atoms with Crippen molar-refractivity contribution >= 4 is 5.57 Å². The number of nitrogens with zero attached hydrogens (tertiary/aromatic N) is 5. The fraction of sp³-hybridized carbons (Fsp3) is 0.222. The molecule has 0 spiro atoms. The van der Waals surface area contributed by atoms with E-state index in [0.29, 0.717) is 11.6 Å². The maximum atomic E-state index is 14.4. The van der Waals surface area contributed by atoms with Crippen molar-refractivity contribution in [2.24, 2.45) is 5.92 Å². The van der Waals surface area contributed by atoms with E-state index in [0.717, 1.165) is 25.1 Å². The maximum absolute atomic E-state index is 14.4. The summed E-state index contributed by atoms with van der Waals surface area (Å²) in [6.45, 7) is 5.90. The Bertz CT molecular complexity index is 933. The van der Waals surface area contributed by atoms with Gasteiger partial charge >= 0.3 is 0 Å². The molecule has 1 aromatic carbocycles. The average molecular weight is 352 g/mol. The third-order valence-electron chi connectivity index (χ3n) is 4.53. The van der Waals surface area contributed by atoms with Crippen molar-refractivity contribution in [1.29, 1.82) is 0 Å². The topological polar surface area (TPSA) is 88.8 Å². The highest BCUT2D eigenvalue weighted by Crippen LogP contribution is 2.31. The summed E-state index contributed by atoms with van der Waals surface area (Å²) in [4.78, 5) is 8.11. The number of aromatic hydroxyl groups is 1. The smallest absolute Gasteiger partial charge is 0.185 e. The first-order valence-electron chi connectivity index (χ1n) is 8.24. The summed E-state index contributed by atoms with van der Waals surface area (Å²) in [5.74, 6) is -0.190. The number of imidazole rings is 1. The van der Waals surface area contributed by atoms with Gasteiger partial charge in [0.05, 0.1) is 23.8 Å². The summed E-state index contributed by atoms with van der Waals surface area (Å²) >= 11 is 0. The van der Waals surface area contributed by atoms with Crippen LogP contribution in [0.25, 0.3) is 22.6 Å². The number of hydrogen-bond acceptors (Lipinski definition) is 6. The van der Waals surface area contributed by atoms with Crippen molar-refractivity contribution in [2.45, 2.75) is 6.42 Å². The molecule has 1 atom stereocenters. The molecule has 2 N–H and O–H groups in total. The molecular formula is C18H17FN6O. The minimum Gasteiger partial charge on any atom is -0.507 e. The first-order chi connectivity index (χ1) is 12.6. The number of aromatic nitrogens is 5. The van der Waals surface area contributed by atoms with Crippen LogP contribution in [0.3, 0.4) is 0 Å². The first-order valence-corrected chi connectivity index (χ1v) is 8.24.